The molecule has 3 rings (SSSR count). The summed E-state index contributed by atoms with van der Waals surface area (Å²) in [4.78, 5) is 4.28. The average Bonchev–Trinajstić information content (AvgIpc) is 2.82. The minimum absolute atomic E-state index is 0.658. The minimum atomic E-state index is 0.658. The second-order valence-electron chi connectivity index (χ2n) is 6.73. The van der Waals surface area contributed by atoms with Gasteiger partial charge in [-0.1, -0.05) is 36.9 Å². The number of anilines is 4. The van der Waals surface area contributed by atoms with Crippen molar-refractivity contribution < 1.29 is 0 Å². The molecule has 3 heteroatoms. The van der Waals surface area contributed by atoms with Crippen molar-refractivity contribution in [3.05, 3.63) is 121 Å². The molecule has 0 spiro atoms. The molecule has 0 saturated heterocycles. The van der Waals surface area contributed by atoms with E-state index < -0.39 is 0 Å². The van der Waals surface area contributed by atoms with Crippen LogP contribution in [0.25, 0.3) is 0 Å². The van der Waals surface area contributed by atoms with Gasteiger partial charge >= 0.3 is 0 Å². The zero-order chi connectivity index (χ0) is 21.3. The number of rotatable bonds is 7. The molecule has 0 aromatic heterocycles. The smallest absolute Gasteiger partial charge is 0.0991 e. The maximum Gasteiger partial charge on any atom is 0.0991 e. The Morgan fingerprint density at radius 2 is 1.37 bits per heavy atom. The Morgan fingerprint density at radius 1 is 0.833 bits per heavy atom. The molecule has 0 saturated carbocycles. The molecule has 0 bridgehead atoms. The summed E-state index contributed by atoms with van der Waals surface area (Å²) < 4.78 is 0. The van der Waals surface area contributed by atoms with Crippen LogP contribution in [0.2, 0.25) is 0 Å². The van der Waals surface area contributed by atoms with E-state index >= 15 is 0 Å². The molecular weight excluding hydrogens is 366 g/mol. The van der Waals surface area contributed by atoms with E-state index in [1.54, 1.807) is 0 Å². The van der Waals surface area contributed by atoms with E-state index in [9.17, 15) is 0 Å². The lowest BCUT2D eigenvalue weighted by atomic mass is 10.1. The molecule has 0 aliphatic heterocycles. The van der Waals surface area contributed by atoms with Gasteiger partial charge in [-0.3, -0.25) is 0 Å². The third-order valence-electron chi connectivity index (χ3n) is 4.82. The van der Waals surface area contributed by atoms with Crippen LogP contribution in [0.1, 0.15) is 12.5 Å². The summed E-state index contributed by atoms with van der Waals surface area (Å²) in [6, 6.07) is 28.4. The Bertz CT molecular complexity index is 1070. The fourth-order valence-corrected chi connectivity index (χ4v) is 3.19. The molecule has 0 aliphatic rings. The fourth-order valence-electron chi connectivity index (χ4n) is 3.19. The lowest BCUT2D eigenvalue weighted by Gasteiger charge is -2.27. The Hall–Kier alpha value is -4.03. The Morgan fingerprint density at radius 3 is 1.90 bits per heavy atom. The van der Waals surface area contributed by atoms with Gasteiger partial charge in [-0.25, -0.2) is 0 Å². The molecule has 0 atom stereocenters. The first-order chi connectivity index (χ1) is 14.7. The second-order valence-corrected chi connectivity index (χ2v) is 6.73. The number of hydrogen-bond donors (Lipinski definition) is 0. The predicted molar refractivity (Wildman–Crippen MR) is 127 cm³/mol. The van der Waals surface area contributed by atoms with Crippen LogP contribution in [-0.4, -0.2) is 7.05 Å². The van der Waals surface area contributed by atoms with Crippen LogP contribution in [0, 0.1) is 11.3 Å². The molecule has 0 fully saturated rings. The number of para-hydroxylation sites is 1. The molecule has 3 aromatic carbocycles. The van der Waals surface area contributed by atoms with Crippen LogP contribution in [0.15, 0.2) is 115 Å². The molecule has 0 N–H and O–H groups in total. The summed E-state index contributed by atoms with van der Waals surface area (Å²) in [5, 5.41) is 9.00. The first-order valence-electron chi connectivity index (χ1n) is 9.82. The van der Waals surface area contributed by atoms with Crippen molar-refractivity contribution in [2.75, 3.05) is 16.8 Å². The summed E-state index contributed by atoms with van der Waals surface area (Å²) in [5.41, 5.74) is 5.86. The van der Waals surface area contributed by atoms with E-state index in [1.807, 2.05) is 74.7 Å². The average molecular weight is 392 g/mol. The summed E-state index contributed by atoms with van der Waals surface area (Å²) >= 11 is 0. The summed E-state index contributed by atoms with van der Waals surface area (Å²) in [5.74, 6) is 0. The van der Waals surface area contributed by atoms with E-state index in [0.29, 0.717) is 5.56 Å². The third-order valence-corrected chi connectivity index (χ3v) is 4.82. The lowest BCUT2D eigenvalue weighted by Crippen LogP contribution is -2.15. The lowest BCUT2D eigenvalue weighted by molar-refractivity contribution is 1.18. The molecule has 0 amide bonds. The highest BCUT2D eigenvalue weighted by Gasteiger charge is 2.13. The van der Waals surface area contributed by atoms with Crippen LogP contribution in [0.4, 0.5) is 22.7 Å². The van der Waals surface area contributed by atoms with Gasteiger partial charge in [0.2, 0.25) is 0 Å². The van der Waals surface area contributed by atoms with Crippen LogP contribution < -0.4 is 9.80 Å². The Balaban J connectivity index is 1.95. The maximum atomic E-state index is 9.00. The molecule has 30 heavy (non-hydrogen) atoms. The zero-order valence-electron chi connectivity index (χ0n) is 17.4. The van der Waals surface area contributed by atoms with Crippen molar-refractivity contribution >= 4 is 22.7 Å². The van der Waals surface area contributed by atoms with Crippen molar-refractivity contribution in [1.82, 2.24) is 0 Å². The molecule has 3 aromatic rings. The van der Waals surface area contributed by atoms with Gasteiger partial charge in [-0.15, -0.1) is 0 Å². The SMILES string of the molecule is C=C/C(=C\C=C/C)N(c1ccccc1)c1ccc(N(C)c2ccc(C#N)cc2)cc1. The molecule has 0 unspecified atom stereocenters. The van der Waals surface area contributed by atoms with Crippen LogP contribution >= 0.6 is 0 Å². The number of nitriles is 1. The van der Waals surface area contributed by atoms with E-state index in [2.05, 4.69) is 64.9 Å². The number of nitrogens with zero attached hydrogens (tertiary/aromatic N) is 3. The Kier molecular flexibility index (Phi) is 6.87. The van der Waals surface area contributed by atoms with Gasteiger partial charge in [-0.05, 0) is 79.7 Å². The summed E-state index contributed by atoms with van der Waals surface area (Å²) in [6.07, 6.45) is 7.93. The highest BCUT2D eigenvalue weighted by molar-refractivity contribution is 5.73. The van der Waals surface area contributed by atoms with Crippen LogP contribution in [0.3, 0.4) is 0 Å². The van der Waals surface area contributed by atoms with Gasteiger partial charge in [0.05, 0.1) is 11.6 Å². The number of hydrogen-bond acceptors (Lipinski definition) is 3. The fraction of sp³-hybridized carbons (Fsp3) is 0.0741. The highest BCUT2D eigenvalue weighted by atomic mass is 15.1. The maximum absolute atomic E-state index is 9.00. The molecule has 0 radical (unpaired) electrons. The highest BCUT2D eigenvalue weighted by Crippen LogP contribution is 2.33. The van der Waals surface area contributed by atoms with Crippen molar-refractivity contribution in [3.63, 3.8) is 0 Å². The van der Waals surface area contributed by atoms with E-state index in [0.717, 1.165) is 28.4 Å². The predicted octanol–water partition coefficient (Wildman–Crippen LogP) is 7.11. The van der Waals surface area contributed by atoms with E-state index in [1.165, 1.54) is 0 Å². The van der Waals surface area contributed by atoms with Crippen molar-refractivity contribution in [2.24, 2.45) is 0 Å². The quantitative estimate of drug-likeness (QED) is 0.402. The van der Waals surface area contributed by atoms with E-state index in [4.69, 9.17) is 5.26 Å². The van der Waals surface area contributed by atoms with Crippen molar-refractivity contribution in [2.45, 2.75) is 6.92 Å². The molecule has 3 nitrogen and oxygen atoms in total. The zero-order valence-corrected chi connectivity index (χ0v) is 17.4. The third kappa shape index (κ3) is 4.68. The Labute approximate surface area is 179 Å². The summed E-state index contributed by atoms with van der Waals surface area (Å²) in [7, 11) is 2.02. The standard InChI is InChI=1S/C27H25N3/c1-4-6-10-23(5-2)30(26-11-8-7-9-12-26)27-19-17-25(18-20-27)29(3)24-15-13-22(21-28)14-16-24/h4-20H,2H2,1,3H3/b6-4-,23-10+. The van der Waals surface area contributed by atoms with Gasteiger partial charge in [0, 0.05) is 35.5 Å². The number of benzene rings is 3. The molecular formula is C27H25N3. The minimum Gasteiger partial charge on any atom is -0.345 e. The van der Waals surface area contributed by atoms with Gasteiger partial charge < -0.3 is 9.80 Å². The normalized spacial score (nSPS) is 11.2. The van der Waals surface area contributed by atoms with Gasteiger partial charge in [0.1, 0.15) is 0 Å². The van der Waals surface area contributed by atoms with Crippen LogP contribution in [-0.2, 0) is 0 Å². The second kappa shape index (κ2) is 9.95. The molecule has 148 valence electrons. The van der Waals surface area contributed by atoms with Gasteiger partial charge in [0.25, 0.3) is 0 Å². The van der Waals surface area contributed by atoms with Gasteiger partial charge in [-0.2, -0.15) is 5.26 Å². The van der Waals surface area contributed by atoms with E-state index in [-0.39, 0.29) is 0 Å². The van der Waals surface area contributed by atoms with Gasteiger partial charge in [0.15, 0.2) is 0 Å². The van der Waals surface area contributed by atoms with Crippen molar-refractivity contribution in [3.8, 4) is 6.07 Å². The number of allylic oxidation sites excluding steroid dienone is 4. The first-order valence-corrected chi connectivity index (χ1v) is 9.82. The largest absolute Gasteiger partial charge is 0.345 e. The first kappa shape index (κ1) is 20.7. The molecule has 0 heterocycles. The summed E-state index contributed by atoms with van der Waals surface area (Å²) in [6.45, 7) is 6.01. The monoisotopic (exact) mass is 391 g/mol. The van der Waals surface area contributed by atoms with Crippen molar-refractivity contribution in [1.29, 1.82) is 5.26 Å². The van der Waals surface area contributed by atoms with Crippen LogP contribution in [0.5, 0.6) is 0 Å². The topological polar surface area (TPSA) is 30.3 Å². The molecule has 0 aliphatic carbocycles.